The zero-order valence-electron chi connectivity index (χ0n) is 8.07. The minimum atomic E-state index is -4.97. The summed E-state index contributed by atoms with van der Waals surface area (Å²) < 4.78 is 44.0. The Morgan fingerprint density at radius 2 is 2.00 bits per heavy atom. The number of rotatable bonds is 2. The molecule has 1 aromatic rings. The third-order valence-electron chi connectivity index (χ3n) is 2.57. The van der Waals surface area contributed by atoms with Crippen LogP contribution >= 0.6 is 0 Å². The molecular weight excluding hydrogens is 208 g/mol. The molecule has 2 heterocycles. The van der Waals surface area contributed by atoms with Crippen LogP contribution in [0.5, 0.6) is 0 Å². The van der Waals surface area contributed by atoms with Gasteiger partial charge in [0, 0.05) is 19.4 Å². The molecular formula is C8H11BF3N2O-. The summed E-state index contributed by atoms with van der Waals surface area (Å²) in [5.74, 6) is 0. The molecule has 0 bridgehead atoms. The van der Waals surface area contributed by atoms with Crippen molar-refractivity contribution < 1.29 is 17.7 Å². The molecule has 0 spiro atoms. The van der Waals surface area contributed by atoms with Gasteiger partial charge >= 0.3 is 6.98 Å². The molecule has 0 saturated carbocycles. The minimum absolute atomic E-state index is 0.174. The van der Waals surface area contributed by atoms with Crippen molar-refractivity contribution >= 4 is 12.6 Å². The third-order valence-corrected chi connectivity index (χ3v) is 2.57. The Labute approximate surface area is 85.3 Å². The third kappa shape index (κ3) is 2.17. The maximum Gasteiger partial charge on any atom is 0.527 e. The molecule has 0 N–H and O–H groups in total. The highest BCUT2D eigenvalue weighted by molar-refractivity contribution is 6.72. The Hall–Kier alpha value is -0.975. The molecule has 7 heteroatoms. The maximum absolute atomic E-state index is 12.6. The van der Waals surface area contributed by atoms with E-state index in [2.05, 4.69) is 5.10 Å². The zero-order chi connectivity index (χ0) is 10.9. The van der Waals surface area contributed by atoms with Gasteiger partial charge in [0.15, 0.2) is 0 Å². The molecule has 15 heavy (non-hydrogen) atoms. The van der Waals surface area contributed by atoms with Crippen LogP contribution in [0.25, 0.3) is 0 Å². The van der Waals surface area contributed by atoms with Gasteiger partial charge in [-0.25, -0.2) is 0 Å². The number of nitrogens with zero attached hydrogens (tertiary/aromatic N) is 2. The second kappa shape index (κ2) is 3.88. The molecule has 1 aliphatic heterocycles. The van der Waals surface area contributed by atoms with Crippen LogP contribution in [-0.4, -0.2) is 30.0 Å². The van der Waals surface area contributed by atoms with Crippen molar-refractivity contribution in [2.24, 2.45) is 0 Å². The van der Waals surface area contributed by atoms with Crippen molar-refractivity contribution in [1.29, 1.82) is 0 Å². The van der Waals surface area contributed by atoms with E-state index in [0.29, 0.717) is 26.1 Å². The second-order valence-corrected chi connectivity index (χ2v) is 3.62. The Kier molecular flexibility index (Phi) is 2.73. The molecule has 2 rings (SSSR count). The van der Waals surface area contributed by atoms with Crippen molar-refractivity contribution in [1.82, 2.24) is 9.78 Å². The Morgan fingerprint density at radius 1 is 1.33 bits per heavy atom. The van der Waals surface area contributed by atoms with Gasteiger partial charge < -0.3 is 17.7 Å². The van der Waals surface area contributed by atoms with Crippen LogP contribution in [0.3, 0.4) is 0 Å². The summed E-state index contributed by atoms with van der Waals surface area (Å²) in [7, 11) is 0. The van der Waals surface area contributed by atoms with Crippen LogP contribution in [0.4, 0.5) is 12.9 Å². The molecule has 3 nitrogen and oxygen atoms in total. The van der Waals surface area contributed by atoms with Crippen LogP contribution in [-0.2, 0) is 4.74 Å². The van der Waals surface area contributed by atoms with Crippen LogP contribution in [0, 0.1) is 0 Å². The van der Waals surface area contributed by atoms with E-state index in [1.54, 1.807) is 0 Å². The number of ether oxygens (including phenoxy) is 1. The monoisotopic (exact) mass is 219 g/mol. The van der Waals surface area contributed by atoms with Gasteiger partial charge in [-0.05, 0) is 18.4 Å². The van der Waals surface area contributed by atoms with Crippen molar-refractivity contribution in [3.63, 3.8) is 0 Å². The number of aromatic nitrogens is 2. The van der Waals surface area contributed by atoms with E-state index in [-0.39, 0.29) is 6.04 Å². The van der Waals surface area contributed by atoms with Gasteiger partial charge in [-0.15, -0.1) is 0 Å². The lowest BCUT2D eigenvalue weighted by atomic mass is 9.85. The molecule has 1 aromatic heterocycles. The lowest BCUT2D eigenvalue weighted by molar-refractivity contribution is 0.0668. The van der Waals surface area contributed by atoms with Gasteiger partial charge in [0.25, 0.3) is 0 Å². The van der Waals surface area contributed by atoms with Gasteiger partial charge in [-0.3, -0.25) is 4.68 Å². The molecule has 0 aromatic carbocycles. The fraction of sp³-hybridized carbons (Fsp3) is 0.625. The first-order valence-corrected chi connectivity index (χ1v) is 4.90. The number of hydrogen-bond donors (Lipinski definition) is 0. The zero-order valence-corrected chi connectivity index (χ0v) is 8.07. The fourth-order valence-corrected chi connectivity index (χ4v) is 1.82. The van der Waals surface area contributed by atoms with Crippen LogP contribution in [0.1, 0.15) is 18.9 Å². The highest BCUT2D eigenvalue weighted by Gasteiger charge is 2.32. The van der Waals surface area contributed by atoms with E-state index in [4.69, 9.17) is 4.74 Å². The second-order valence-electron chi connectivity index (χ2n) is 3.62. The largest absolute Gasteiger partial charge is 0.527 e. The fourth-order valence-electron chi connectivity index (χ4n) is 1.82. The van der Waals surface area contributed by atoms with Gasteiger partial charge in [-0.2, -0.15) is 5.10 Å². The highest BCUT2D eigenvalue weighted by Crippen LogP contribution is 2.20. The van der Waals surface area contributed by atoms with E-state index in [9.17, 15) is 12.9 Å². The molecule has 1 saturated heterocycles. The number of hydrogen-bond acceptors (Lipinski definition) is 2. The van der Waals surface area contributed by atoms with Gasteiger partial charge in [-0.1, -0.05) is 6.07 Å². The summed E-state index contributed by atoms with van der Waals surface area (Å²) in [5, 5.41) is 3.76. The summed E-state index contributed by atoms with van der Waals surface area (Å²) in [6, 6.07) is 0.863. The molecule has 1 fully saturated rings. The highest BCUT2D eigenvalue weighted by atomic mass is 19.4. The van der Waals surface area contributed by atoms with E-state index < -0.39 is 12.6 Å². The molecule has 0 atom stereocenters. The predicted molar refractivity (Wildman–Crippen MR) is 50.0 cm³/mol. The molecule has 0 unspecified atom stereocenters. The smallest absolute Gasteiger partial charge is 0.444 e. The first-order valence-electron chi connectivity index (χ1n) is 4.90. The normalized spacial score (nSPS) is 19.4. The molecule has 1 aliphatic rings. The Morgan fingerprint density at radius 3 is 2.60 bits per heavy atom. The van der Waals surface area contributed by atoms with Crippen molar-refractivity contribution in [2.45, 2.75) is 18.9 Å². The Bertz CT molecular complexity index is 333. The number of halogens is 3. The quantitative estimate of drug-likeness (QED) is 0.700. The van der Waals surface area contributed by atoms with Crippen molar-refractivity contribution in [3.05, 3.63) is 12.3 Å². The van der Waals surface area contributed by atoms with Crippen LogP contribution in [0.15, 0.2) is 12.3 Å². The van der Waals surface area contributed by atoms with Gasteiger partial charge in [0.1, 0.15) is 0 Å². The van der Waals surface area contributed by atoms with Gasteiger partial charge in [0.05, 0.1) is 6.04 Å². The first kappa shape index (κ1) is 10.5. The van der Waals surface area contributed by atoms with Crippen molar-refractivity contribution in [3.8, 4) is 0 Å². The average Bonchev–Trinajstić information content (AvgIpc) is 2.67. The maximum atomic E-state index is 12.6. The molecule has 0 radical (unpaired) electrons. The van der Waals surface area contributed by atoms with Crippen molar-refractivity contribution in [2.75, 3.05) is 13.2 Å². The minimum Gasteiger partial charge on any atom is -0.444 e. The SMILES string of the molecule is F[B-](F)(F)c1ccnn1C1CCOCC1. The van der Waals surface area contributed by atoms with Crippen LogP contribution < -0.4 is 5.59 Å². The lowest BCUT2D eigenvalue weighted by Gasteiger charge is -2.27. The average molecular weight is 219 g/mol. The first-order chi connectivity index (χ1) is 7.09. The van der Waals surface area contributed by atoms with Crippen LogP contribution in [0.2, 0.25) is 0 Å². The molecule has 0 amide bonds. The Balaban J connectivity index is 2.24. The topological polar surface area (TPSA) is 27.1 Å². The summed E-state index contributed by atoms with van der Waals surface area (Å²) in [6.07, 6.45) is 2.40. The lowest BCUT2D eigenvalue weighted by Crippen LogP contribution is -2.42. The van der Waals surface area contributed by atoms with E-state index in [0.717, 1.165) is 10.7 Å². The summed E-state index contributed by atoms with van der Waals surface area (Å²) in [5.41, 5.74) is -0.609. The van der Waals surface area contributed by atoms with Gasteiger partial charge in [0.2, 0.25) is 0 Å². The predicted octanol–water partition coefficient (Wildman–Crippen LogP) is 1.29. The van der Waals surface area contributed by atoms with E-state index in [1.807, 2.05) is 0 Å². The standard InChI is InChI=1S/C8H11BF3N2O/c10-9(11,12)8-1-4-13-14(8)7-2-5-15-6-3-7/h1,4,7H,2-3,5-6H2/q-1. The summed E-state index contributed by atoms with van der Waals surface area (Å²) in [6.45, 7) is -3.95. The summed E-state index contributed by atoms with van der Waals surface area (Å²) in [4.78, 5) is 0. The molecule has 0 aliphatic carbocycles. The molecule has 84 valence electrons. The summed E-state index contributed by atoms with van der Waals surface area (Å²) >= 11 is 0. The van der Waals surface area contributed by atoms with E-state index in [1.165, 1.54) is 6.20 Å². The van der Waals surface area contributed by atoms with E-state index >= 15 is 0 Å².